The van der Waals surface area contributed by atoms with Gasteiger partial charge >= 0.3 is 0 Å². The van der Waals surface area contributed by atoms with Crippen LogP contribution in [0.25, 0.3) is 11.1 Å². The Bertz CT molecular complexity index is 1470. The Labute approximate surface area is 299 Å². The standard InChI is InChI=1S/C38H57N11O/c1-8-30(9-2)22-33(23-39-5)36-26-40-37(10-3)44-45-49(29-43-36)28-35-27-48(20-21-50-35)38-41-24-34(25-42-38)32-14-12-31(13-15-32)16-17-47(7)19-18-46(6)11-4/h8-9,12-15,23-26,33,35,37H,1,10-11,16-22,27-29H2,2-7H3/b30-9-,39-23-,40-26-,43-36+,45-44-. The third kappa shape index (κ3) is 12.0. The van der Waals surface area contributed by atoms with Crippen LogP contribution in [0.15, 0.2) is 86.3 Å². The molecule has 4 rings (SSSR count). The molecule has 3 atom stereocenters. The average molecular weight is 684 g/mol. The van der Waals surface area contributed by atoms with Gasteiger partial charge in [0.1, 0.15) is 6.67 Å². The zero-order valence-corrected chi connectivity index (χ0v) is 31.0. The number of morpholine rings is 1. The summed E-state index contributed by atoms with van der Waals surface area (Å²) < 4.78 is 6.19. The number of ether oxygens (including phenoxy) is 1. The Balaban J connectivity index is 1.36. The van der Waals surface area contributed by atoms with E-state index >= 15 is 0 Å². The normalized spacial score (nSPS) is 21.8. The molecule has 0 saturated carbocycles. The summed E-state index contributed by atoms with van der Waals surface area (Å²) in [5.41, 5.74) is 5.43. The van der Waals surface area contributed by atoms with Gasteiger partial charge in [-0.1, -0.05) is 67.6 Å². The maximum atomic E-state index is 6.19. The van der Waals surface area contributed by atoms with E-state index in [2.05, 4.69) is 94.9 Å². The summed E-state index contributed by atoms with van der Waals surface area (Å²) >= 11 is 0. The lowest BCUT2D eigenvalue weighted by Crippen LogP contribution is -2.47. The van der Waals surface area contributed by atoms with Crippen LogP contribution in [0.1, 0.15) is 39.2 Å². The zero-order chi connectivity index (χ0) is 35.7. The lowest BCUT2D eigenvalue weighted by Gasteiger charge is -2.34. The number of rotatable bonds is 17. The molecule has 3 heterocycles. The van der Waals surface area contributed by atoms with Gasteiger partial charge in [-0.05, 0) is 58.0 Å². The molecule has 1 aromatic carbocycles. The van der Waals surface area contributed by atoms with E-state index in [-0.39, 0.29) is 18.2 Å². The highest BCUT2D eigenvalue weighted by molar-refractivity contribution is 6.34. The highest BCUT2D eigenvalue weighted by Crippen LogP contribution is 2.22. The molecule has 2 aliphatic rings. The Morgan fingerprint density at radius 2 is 1.84 bits per heavy atom. The quantitative estimate of drug-likeness (QED) is 0.160. The van der Waals surface area contributed by atoms with Crippen molar-refractivity contribution in [1.29, 1.82) is 0 Å². The fraction of sp³-hybridized carbons (Fsp3) is 0.553. The predicted octanol–water partition coefficient (Wildman–Crippen LogP) is 5.50. The zero-order valence-electron chi connectivity index (χ0n) is 31.0. The van der Waals surface area contributed by atoms with Crippen molar-refractivity contribution in [1.82, 2.24) is 24.8 Å². The van der Waals surface area contributed by atoms with Crippen molar-refractivity contribution < 1.29 is 4.74 Å². The smallest absolute Gasteiger partial charge is 0.225 e. The second kappa shape index (κ2) is 20.5. The summed E-state index contributed by atoms with van der Waals surface area (Å²) in [5, 5.41) is 10.9. The number of allylic oxidation sites excluding steroid dienone is 3. The molecule has 12 nitrogen and oxygen atoms in total. The van der Waals surface area contributed by atoms with Crippen LogP contribution in [0.3, 0.4) is 0 Å². The molecule has 0 aliphatic carbocycles. The molecule has 3 unspecified atom stereocenters. The van der Waals surface area contributed by atoms with Gasteiger partial charge in [-0.25, -0.2) is 9.97 Å². The fourth-order valence-electron chi connectivity index (χ4n) is 5.71. The van der Waals surface area contributed by atoms with Crippen molar-refractivity contribution >= 4 is 24.1 Å². The molecule has 2 aromatic rings. The van der Waals surface area contributed by atoms with E-state index in [9.17, 15) is 0 Å². The molecule has 270 valence electrons. The average Bonchev–Trinajstić information content (AvgIpc) is 3.25. The maximum absolute atomic E-state index is 6.19. The summed E-state index contributed by atoms with van der Waals surface area (Å²) in [6.45, 7) is 17.3. The van der Waals surface area contributed by atoms with Gasteiger partial charge in [-0.15, -0.1) is 5.11 Å². The Kier molecular flexibility index (Phi) is 15.9. The largest absolute Gasteiger partial charge is 0.373 e. The Morgan fingerprint density at radius 3 is 2.52 bits per heavy atom. The lowest BCUT2D eigenvalue weighted by molar-refractivity contribution is 0.0141. The first-order valence-corrected chi connectivity index (χ1v) is 17.9. The van der Waals surface area contributed by atoms with Crippen LogP contribution in [0.5, 0.6) is 0 Å². The SMILES string of the molecule is C=C/C(=C/C)CC(/C=N\C)C1=N/CN(CC2CN(c3ncc(-c4ccc(CCN(C)CCN(C)CC)cc4)cn3)CCO2)/N=N\C(CC)/N=C\1. The van der Waals surface area contributed by atoms with Crippen LogP contribution in [-0.2, 0) is 11.2 Å². The van der Waals surface area contributed by atoms with Crippen molar-refractivity contribution in [2.75, 3.05) is 85.1 Å². The van der Waals surface area contributed by atoms with E-state index in [1.54, 1.807) is 7.05 Å². The van der Waals surface area contributed by atoms with E-state index < -0.39 is 0 Å². The van der Waals surface area contributed by atoms with Crippen molar-refractivity contribution in [3.63, 3.8) is 0 Å². The second-order valence-electron chi connectivity index (χ2n) is 12.9. The van der Waals surface area contributed by atoms with Crippen LogP contribution in [0.4, 0.5) is 5.95 Å². The minimum absolute atomic E-state index is 0.0280. The monoisotopic (exact) mass is 683 g/mol. The lowest BCUT2D eigenvalue weighted by atomic mass is 9.95. The second-order valence-corrected chi connectivity index (χ2v) is 12.9. The van der Waals surface area contributed by atoms with Crippen molar-refractivity contribution in [3.8, 4) is 11.1 Å². The first-order valence-electron chi connectivity index (χ1n) is 17.9. The Morgan fingerprint density at radius 1 is 1.08 bits per heavy atom. The number of benzene rings is 1. The fourth-order valence-corrected chi connectivity index (χ4v) is 5.71. The van der Waals surface area contributed by atoms with Crippen molar-refractivity contribution in [3.05, 3.63) is 66.5 Å². The molecule has 12 heteroatoms. The molecule has 0 N–H and O–H groups in total. The molecule has 2 aliphatic heterocycles. The number of nitrogens with zero attached hydrogens (tertiary/aromatic N) is 11. The number of anilines is 1. The third-order valence-electron chi connectivity index (χ3n) is 9.22. The molecule has 1 aromatic heterocycles. The van der Waals surface area contributed by atoms with Gasteiger partial charge in [0.05, 0.1) is 25.0 Å². The Hall–Kier alpha value is -4.13. The molecule has 50 heavy (non-hydrogen) atoms. The first kappa shape index (κ1) is 38.7. The molecular formula is C38H57N11O. The number of hydrogen-bond donors (Lipinski definition) is 0. The van der Waals surface area contributed by atoms with Crippen LogP contribution in [-0.4, -0.2) is 135 Å². The maximum Gasteiger partial charge on any atom is 0.225 e. The number of likely N-dealkylation sites (N-methyl/N-ethyl adjacent to an activating group) is 2. The summed E-state index contributed by atoms with van der Waals surface area (Å²) in [6.07, 6.45) is 13.6. The molecule has 0 amide bonds. The van der Waals surface area contributed by atoms with Gasteiger partial charge < -0.3 is 24.4 Å². The summed E-state index contributed by atoms with van der Waals surface area (Å²) in [4.78, 5) is 30.4. The molecule has 0 spiro atoms. The summed E-state index contributed by atoms with van der Waals surface area (Å²) in [6, 6.07) is 8.77. The number of aliphatic imine (C=N–C) groups is 3. The van der Waals surface area contributed by atoms with Gasteiger partial charge in [0.2, 0.25) is 5.95 Å². The van der Waals surface area contributed by atoms with E-state index in [4.69, 9.17) is 24.7 Å². The van der Waals surface area contributed by atoms with Crippen LogP contribution in [0, 0.1) is 5.92 Å². The summed E-state index contributed by atoms with van der Waals surface area (Å²) in [7, 11) is 6.15. The van der Waals surface area contributed by atoms with Gasteiger partial charge in [-0.2, -0.15) is 0 Å². The summed E-state index contributed by atoms with van der Waals surface area (Å²) in [5.74, 6) is 0.671. The molecular weight excluding hydrogens is 626 g/mol. The van der Waals surface area contributed by atoms with Crippen LogP contribution < -0.4 is 4.90 Å². The minimum Gasteiger partial charge on any atom is -0.373 e. The number of hydrogen-bond acceptors (Lipinski definition) is 12. The number of aromatic nitrogens is 2. The topological polar surface area (TPSA) is 110 Å². The van der Waals surface area contributed by atoms with Crippen LogP contribution >= 0.6 is 0 Å². The highest BCUT2D eigenvalue weighted by Gasteiger charge is 2.25. The van der Waals surface area contributed by atoms with E-state index in [0.717, 1.165) is 74.4 Å². The van der Waals surface area contributed by atoms with Gasteiger partial charge in [0.25, 0.3) is 0 Å². The molecule has 0 radical (unpaired) electrons. The third-order valence-corrected chi connectivity index (χ3v) is 9.22. The van der Waals surface area contributed by atoms with Gasteiger partial charge in [0, 0.05) is 76.1 Å². The first-order chi connectivity index (χ1) is 24.3. The van der Waals surface area contributed by atoms with Gasteiger partial charge in [0.15, 0.2) is 6.17 Å². The molecule has 0 bridgehead atoms. The van der Waals surface area contributed by atoms with E-state index in [1.165, 1.54) is 5.56 Å². The minimum atomic E-state index is -0.281. The van der Waals surface area contributed by atoms with Crippen molar-refractivity contribution in [2.24, 2.45) is 31.2 Å². The predicted molar refractivity (Wildman–Crippen MR) is 207 cm³/mol. The van der Waals surface area contributed by atoms with Gasteiger partial charge in [-0.3, -0.25) is 15.0 Å². The van der Waals surface area contributed by atoms with E-state index in [1.807, 2.05) is 42.8 Å². The van der Waals surface area contributed by atoms with E-state index in [0.29, 0.717) is 32.3 Å². The molecule has 1 saturated heterocycles. The highest BCUT2D eigenvalue weighted by atomic mass is 16.5. The van der Waals surface area contributed by atoms with Crippen molar-refractivity contribution in [2.45, 2.75) is 52.3 Å². The van der Waals surface area contributed by atoms with Crippen LogP contribution in [0.2, 0.25) is 0 Å². The molecule has 1 fully saturated rings.